The van der Waals surface area contributed by atoms with Gasteiger partial charge in [-0.3, -0.25) is 0 Å². The molecule has 0 spiro atoms. The van der Waals surface area contributed by atoms with Crippen LogP contribution in [0.15, 0.2) is 36.1 Å². The van der Waals surface area contributed by atoms with Gasteiger partial charge in [-0.2, -0.15) is 0 Å². The summed E-state index contributed by atoms with van der Waals surface area (Å²) in [7, 11) is 1.69. The van der Waals surface area contributed by atoms with Crippen LogP contribution in [0.4, 0.5) is 0 Å². The molecule has 16 heavy (non-hydrogen) atoms. The van der Waals surface area contributed by atoms with Crippen molar-refractivity contribution in [2.45, 2.75) is 40.0 Å². The third-order valence-corrected chi connectivity index (χ3v) is 3.86. The molecule has 0 radical (unpaired) electrons. The van der Waals surface area contributed by atoms with Gasteiger partial charge < -0.3 is 4.74 Å². The van der Waals surface area contributed by atoms with Gasteiger partial charge in [-0.25, -0.2) is 0 Å². The maximum Gasteiger partial charge on any atom is 0.0785 e. The fourth-order valence-electron chi connectivity index (χ4n) is 2.38. The summed E-state index contributed by atoms with van der Waals surface area (Å²) in [5.74, 6) is 0.643. The van der Waals surface area contributed by atoms with Crippen LogP contribution in [0.25, 0.3) is 0 Å². The Kier molecular flexibility index (Phi) is 4.40. The summed E-state index contributed by atoms with van der Waals surface area (Å²) < 4.78 is 4.97. The van der Waals surface area contributed by atoms with Crippen LogP contribution in [0.3, 0.4) is 0 Å². The molecule has 1 aliphatic rings. The molecule has 0 amide bonds. The van der Waals surface area contributed by atoms with Gasteiger partial charge in [-0.15, -0.1) is 0 Å². The fraction of sp³-hybridized carbons (Fsp3) is 0.600. The molecule has 0 bridgehead atoms. The van der Waals surface area contributed by atoms with E-state index in [2.05, 4.69) is 39.5 Å². The zero-order chi connectivity index (χ0) is 12.2. The summed E-state index contributed by atoms with van der Waals surface area (Å²) in [6, 6.07) is 0. The lowest BCUT2D eigenvalue weighted by Gasteiger charge is -2.38. The lowest BCUT2D eigenvalue weighted by atomic mass is 9.67. The minimum absolute atomic E-state index is 0.275. The highest BCUT2D eigenvalue weighted by Crippen LogP contribution is 2.44. The van der Waals surface area contributed by atoms with Gasteiger partial charge in [-0.1, -0.05) is 30.7 Å². The van der Waals surface area contributed by atoms with E-state index in [0.29, 0.717) is 5.92 Å². The monoisotopic (exact) mass is 220 g/mol. The molecule has 0 unspecified atom stereocenters. The van der Waals surface area contributed by atoms with Crippen molar-refractivity contribution in [3.05, 3.63) is 36.1 Å². The highest BCUT2D eigenvalue weighted by atomic mass is 16.5. The molecule has 1 nitrogen and oxygen atoms in total. The highest BCUT2D eigenvalue weighted by molar-refractivity contribution is 5.20. The van der Waals surface area contributed by atoms with Crippen LogP contribution in [0, 0.1) is 11.3 Å². The van der Waals surface area contributed by atoms with Gasteiger partial charge in [0.2, 0.25) is 0 Å². The molecular formula is C15H24O. The quantitative estimate of drug-likeness (QED) is 0.501. The van der Waals surface area contributed by atoms with Crippen molar-refractivity contribution in [2.75, 3.05) is 7.11 Å². The van der Waals surface area contributed by atoms with Crippen LogP contribution in [-0.2, 0) is 4.74 Å². The molecule has 0 N–H and O–H groups in total. The molecule has 0 aromatic rings. The summed E-state index contributed by atoms with van der Waals surface area (Å²) in [6.45, 7) is 10.8. The lowest BCUT2D eigenvalue weighted by Crippen LogP contribution is -2.25. The van der Waals surface area contributed by atoms with E-state index in [1.807, 2.05) is 0 Å². The molecule has 0 aromatic carbocycles. The first-order valence-electron chi connectivity index (χ1n) is 6.00. The third-order valence-electron chi connectivity index (χ3n) is 3.86. The Morgan fingerprint density at radius 2 is 2.38 bits per heavy atom. The van der Waals surface area contributed by atoms with Crippen LogP contribution in [0.5, 0.6) is 0 Å². The predicted molar refractivity (Wildman–Crippen MR) is 70.2 cm³/mol. The Morgan fingerprint density at radius 1 is 1.69 bits per heavy atom. The van der Waals surface area contributed by atoms with Gasteiger partial charge >= 0.3 is 0 Å². The van der Waals surface area contributed by atoms with Gasteiger partial charge in [0, 0.05) is 0 Å². The SMILES string of the molecule is C=C(C)[C@@H]1CC=C(C)[C@](C)(C/C=C/OC)C1. The van der Waals surface area contributed by atoms with Crippen molar-refractivity contribution in [1.82, 2.24) is 0 Å². The van der Waals surface area contributed by atoms with Crippen LogP contribution in [0.1, 0.15) is 40.0 Å². The molecule has 1 heteroatoms. The first kappa shape index (κ1) is 13.1. The fourth-order valence-corrected chi connectivity index (χ4v) is 2.38. The topological polar surface area (TPSA) is 9.23 Å². The molecule has 0 saturated heterocycles. The van der Waals surface area contributed by atoms with E-state index in [0.717, 1.165) is 12.8 Å². The zero-order valence-electron chi connectivity index (χ0n) is 11.0. The van der Waals surface area contributed by atoms with E-state index < -0.39 is 0 Å². The molecular weight excluding hydrogens is 196 g/mol. The number of methoxy groups -OCH3 is 1. The first-order chi connectivity index (χ1) is 7.49. The Balaban J connectivity index is 2.76. The normalized spacial score (nSPS) is 30.2. The van der Waals surface area contributed by atoms with Gasteiger partial charge in [0.05, 0.1) is 13.4 Å². The van der Waals surface area contributed by atoms with Crippen molar-refractivity contribution in [3.63, 3.8) is 0 Å². The number of allylic oxidation sites excluding steroid dienone is 4. The van der Waals surface area contributed by atoms with Crippen LogP contribution in [0.2, 0.25) is 0 Å². The van der Waals surface area contributed by atoms with Gasteiger partial charge in [0.25, 0.3) is 0 Å². The Hall–Kier alpha value is -0.980. The number of hydrogen-bond acceptors (Lipinski definition) is 1. The second kappa shape index (κ2) is 5.38. The minimum Gasteiger partial charge on any atom is -0.505 e. The molecule has 0 heterocycles. The Labute approximate surface area is 99.9 Å². The third kappa shape index (κ3) is 3.01. The average Bonchev–Trinajstić information content (AvgIpc) is 2.22. The van der Waals surface area contributed by atoms with Gasteiger partial charge in [0.15, 0.2) is 0 Å². The molecule has 1 aliphatic carbocycles. The van der Waals surface area contributed by atoms with E-state index in [4.69, 9.17) is 4.74 Å². The van der Waals surface area contributed by atoms with Crippen LogP contribution < -0.4 is 0 Å². The second-order valence-corrected chi connectivity index (χ2v) is 5.24. The summed E-state index contributed by atoms with van der Waals surface area (Å²) >= 11 is 0. The molecule has 2 atom stereocenters. The molecule has 1 rings (SSSR count). The maximum absolute atomic E-state index is 4.97. The van der Waals surface area contributed by atoms with E-state index >= 15 is 0 Å². The summed E-state index contributed by atoms with van der Waals surface area (Å²) in [5.41, 5.74) is 3.09. The molecule has 0 saturated carbocycles. The second-order valence-electron chi connectivity index (χ2n) is 5.24. The lowest BCUT2D eigenvalue weighted by molar-refractivity contribution is 0.286. The molecule has 90 valence electrons. The standard InChI is InChI=1S/C15H24O/c1-12(2)14-8-7-13(3)15(4,11-14)9-6-10-16-5/h6-7,10,14H,1,8-9,11H2,2-5H3/b10-6+/t14-,15-/m1/s1. The van der Waals surface area contributed by atoms with Gasteiger partial charge in [0.1, 0.15) is 0 Å². The van der Waals surface area contributed by atoms with Crippen LogP contribution >= 0.6 is 0 Å². The van der Waals surface area contributed by atoms with Crippen LogP contribution in [-0.4, -0.2) is 7.11 Å². The van der Waals surface area contributed by atoms with E-state index in [-0.39, 0.29) is 5.41 Å². The molecule has 0 aromatic heterocycles. The largest absolute Gasteiger partial charge is 0.505 e. The number of rotatable bonds is 4. The van der Waals surface area contributed by atoms with Crippen molar-refractivity contribution < 1.29 is 4.74 Å². The summed E-state index contributed by atoms with van der Waals surface area (Å²) in [4.78, 5) is 0. The van der Waals surface area contributed by atoms with Crippen molar-refractivity contribution in [3.8, 4) is 0 Å². The summed E-state index contributed by atoms with van der Waals surface area (Å²) in [5, 5.41) is 0. The summed E-state index contributed by atoms with van der Waals surface area (Å²) in [6.07, 6.45) is 9.70. The van der Waals surface area contributed by atoms with Gasteiger partial charge in [-0.05, 0) is 50.5 Å². The maximum atomic E-state index is 4.97. The van der Waals surface area contributed by atoms with Crippen molar-refractivity contribution >= 4 is 0 Å². The number of hydrogen-bond donors (Lipinski definition) is 0. The molecule has 0 aliphatic heterocycles. The van der Waals surface area contributed by atoms with E-state index in [1.165, 1.54) is 17.6 Å². The predicted octanol–water partition coefficient (Wildman–Crippen LogP) is 4.48. The zero-order valence-corrected chi connectivity index (χ0v) is 11.0. The Bertz CT molecular complexity index is 311. The first-order valence-corrected chi connectivity index (χ1v) is 6.00. The number of ether oxygens (including phenoxy) is 1. The van der Waals surface area contributed by atoms with Crippen molar-refractivity contribution in [1.29, 1.82) is 0 Å². The molecule has 0 fully saturated rings. The Morgan fingerprint density at radius 3 is 2.94 bits per heavy atom. The van der Waals surface area contributed by atoms with E-state index in [9.17, 15) is 0 Å². The highest BCUT2D eigenvalue weighted by Gasteiger charge is 2.32. The van der Waals surface area contributed by atoms with E-state index in [1.54, 1.807) is 13.4 Å². The smallest absolute Gasteiger partial charge is 0.0785 e. The van der Waals surface area contributed by atoms with Crippen molar-refractivity contribution in [2.24, 2.45) is 11.3 Å². The average molecular weight is 220 g/mol. The minimum atomic E-state index is 0.275.